The summed E-state index contributed by atoms with van der Waals surface area (Å²) in [6.45, 7) is 0.114. The molecule has 0 atom stereocenters. The van der Waals surface area contributed by atoms with Crippen molar-refractivity contribution < 1.29 is 8.42 Å². The van der Waals surface area contributed by atoms with Gasteiger partial charge in [-0.25, -0.2) is 13.1 Å². The Labute approximate surface area is 111 Å². The number of rotatable bonds is 5. The van der Waals surface area contributed by atoms with Gasteiger partial charge >= 0.3 is 0 Å². The molecule has 1 aromatic heterocycles. The van der Waals surface area contributed by atoms with Gasteiger partial charge in [-0.1, -0.05) is 18.2 Å². The molecule has 6 nitrogen and oxygen atoms in total. The van der Waals surface area contributed by atoms with Crippen LogP contribution in [0.15, 0.2) is 42.6 Å². The number of hydrogen-bond donors (Lipinski definition) is 2. The smallest absolute Gasteiger partial charge is 0.216 e. The molecular formula is C12H14N4O2S. The van der Waals surface area contributed by atoms with Crippen molar-refractivity contribution in [3.05, 3.63) is 53.9 Å². The van der Waals surface area contributed by atoms with Crippen molar-refractivity contribution in [1.82, 2.24) is 14.9 Å². The van der Waals surface area contributed by atoms with Gasteiger partial charge in [-0.3, -0.25) is 0 Å². The third kappa shape index (κ3) is 4.01. The summed E-state index contributed by atoms with van der Waals surface area (Å²) in [5.41, 5.74) is 7.33. The fraction of sp³-hybridized carbons (Fsp3) is 0.167. The van der Waals surface area contributed by atoms with Crippen molar-refractivity contribution in [3.8, 4) is 0 Å². The number of nitrogen functional groups attached to an aromatic ring is 1. The summed E-state index contributed by atoms with van der Waals surface area (Å²) in [6, 6.07) is 10.3. The summed E-state index contributed by atoms with van der Waals surface area (Å²) in [6.07, 6.45) is 1.53. The van der Waals surface area contributed by atoms with Crippen molar-refractivity contribution in [2.24, 2.45) is 0 Å². The second kappa shape index (κ2) is 5.77. The van der Waals surface area contributed by atoms with Crippen LogP contribution in [0.4, 0.5) is 5.69 Å². The Morgan fingerprint density at radius 1 is 1.16 bits per heavy atom. The second-order valence-corrected chi connectivity index (χ2v) is 5.80. The van der Waals surface area contributed by atoms with E-state index in [4.69, 9.17) is 5.73 Å². The van der Waals surface area contributed by atoms with E-state index in [1.165, 1.54) is 6.20 Å². The van der Waals surface area contributed by atoms with E-state index in [2.05, 4.69) is 14.9 Å². The number of hydrogen-bond acceptors (Lipinski definition) is 5. The summed E-state index contributed by atoms with van der Waals surface area (Å²) in [5, 5.41) is 7.48. The van der Waals surface area contributed by atoms with E-state index in [-0.39, 0.29) is 12.3 Å². The molecule has 2 aromatic rings. The monoisotopic (exact) mass is 278 g/mol. The maximum atomic E-state index is 11.9. The molecule has 0 saturated carbocycles. The molecule has 2 rings (SSSR count). The highest BCUT2D eigenvalue weighted by molar-refractivity contribution is 7.88. The lowest BCUT2D eigenvalue weighted by Gasteiger charge is -2.08. The second-order valence-electron chi connectivity index (χ2n) is 3.99. The Kier molecular flexibility index (Phi) is 4.08. The zero-order chi connectivity index (χ0) is 13.7. The molecule has 0 amide bonds. The molecule has 0 aliphatic rings. The van der Waals surface area contributed by atoms with Crippen LogP contribution in [-0.2, 0) is 22.3 Å². The molecule has 19 heavy (non-hydrogen) atoms. The van der Waals surface area contributed by atoms with Gasteiger partial charge in [-0.15, -0.1) is 0 Å². The number of para-hydroxylation sites is 1. The zero-order valence-electron chi connectivity index (χ0n) is 10.2. The molecule has 7 heteroatoms. The number of nitrogens with zero attached hydrogens (tertiary/aromatic N) is 2. The fourth-order valence-electron chi connectivity index (χ4n) is 1.53. The number of nitrogens with one attached hydrogen (secondary N) is 1. The predicted molar refractivity (Wildman–Crippen MR) is 72.3 cm³/mol. The molecule has 0 fully saturated rings. The lowest BCUT2D eigenvalue weighted by Crippen LogP contribution is -2.25. The summed E-state index contributed by atoms with van der Waals surface area (Å²) < 4.78 is 26.3. The molecule has 100 valence electrons. The summed E-state index contributed by atoms with van der Waals surface area (Å²) >= 11 is 0. The van der Waals surface area contributed by atoms with Gasteiger partial charge in [-0.2, -0.15) is 10.2 Å². The molecule has 1 heterocycles. The van der Waals surface area contributed by atoms with Crippen LogP contribution < -0.4 is 10.5 Å². The van der Waals surface area contributed by atoms with Crippen molar-refractivity contribution >= 4 is 15.7 Å². The lowest BCUT2D eigenvalue weighted by molar-refractivity contribution is 0.579. The molecular weight excluding hydrogens is 264 g/mol. The summed E-state index contributed by atoms with van der Waals surface area (Å²) in [5.74, 6) is -0.153. The highest BCUT2D eigenvalue weighted by Crippen LogP contribution is 2.13. The largest absolute Gasteiger partial charge is 0.398 e. The molecule has 0 aliphatic carbocycles. The topological polar surface area (TPSA) is 98.0 Å². The van der Waals surface area contributed by atoms with Gasteiger partial charge in [0.25, 0.3) is 0 Å². The predicted octanol–water partition coefficient (Wildman–Crippen LogP) is 0.678. The summed E-state index contributed by atoms with van der Waals surface area (Å²) in [7, 11) is -3.45. The van der Waals surface area contributed by atoms with Crippen LogP contribution in [0, 0.1) is 0 Å². The van der Waals surface area contributed by atoms with Gasteiger partial charge in [0.2, 0.25) is 10.0 Å². The third-order valence-electron chi connectivity index (χ3n) is 2.50. The fourth-order valence-corrected chi connectivity index (χ4v) is 2.68. The quantitative estimate of drug-likeness (QED) is 0.784. The first-order valence-electron chi connectivity index (χ1n) is 5.64. The average Bonchev–Trinajstić information content (AvgIpc) is 2.40. The Hall–Kier alpha value is -1.99. The van der Waals surface area contributed by atoms with Gasteiger partial charge in [0.15, 0.2) is 0 Å². The molecule has 0 aliphatic heterocycles. The molecule has 0 radical (unpaired) electrons. The minimum absolute atomic E-state index is 0.114. The van der Waals surface area contributed by atoms with Gasteiger partial charge in [0.1, 0.15) is 0 Å². The highest BCUT2D eigenvalue weighted by Gasteiger charge is 2.13. The van der Waals surface area contributed by atoms with Gasteiger partial charge in [0, 0.05) is 11.9 Å². The maximum absolute atomic E-state index is 11.9. The van der Waals surface area contributed by atoms with E-state index in [1.54, 1.807) is 36.4 Å². The van der Waals surface area contributed by atoms with Crippen molar-refractivity contribution in [2.75, 3.05) is 5.73 Å². The van der Waals surface area contributed by atoms with Crippen LogP contribution in [0.3, 0.4) is 0 Å². The average molecular weight is 278 g/mol. The van der Waals surface area contributed by atoms with Gasteiger partial charge in [0.05, 0.1) is 18.0 Å². The number of aromatic nitrogens is 2. The minimum Gasteiger partial charge on any atom is -0.398 e. The molecule has 0 saturated heterocycles. The van der Waals surface area contributed by atoms with E-state index in [9.17, 15) is 8.42 Å². The van der Waals surface area contributed by atoms with Crippen LogP contribution in [-0.4, -0.2) is 18.6 Å². The first-order chi connectivity index (χ1) is 9.07. The number of nitrogens with two attached hydrogens (primary N) is 1. The van der Waals surface area contributed by atoms with Crippen LogP contribution in [0.2, 0.25) is 0 Å². The van der Waals surface area contributed by atoms with Crippen molar-refractivity contribution in [3.63, 3.8) is 0 Å². The van der Waals surface area contributed by atoms with Crippen LogP contribution in [0.25, 0.3) is 0 Å². The molecule has 1 aromatic carbocycles. The third-order valence-corrected chi connectivity index (χ3v) is 3.78. The Balaban J connectivity index is 2.02. The first kappa shape index (κ1) is 13.4. The van der Waals surface area contributed by atoms with E-state index in [0.29, 0.717) is 16.9 Å². The first-order valence-corrected chi connectivity index (χ1v) is 7.29. The van der Waals surface area contributed by atoms with E-state index in [1.807, 2.05) is 0 Å². The maximum Gasteiger partial charge on any atom is 0.216 e. The van der Waals surface area contributed by atoms with E-state index < -0.39 is 10.0 Å². The van der Waals surface area contributed by atoms with Crippen LogP contribution in [0.1, 0.15) is 11.3 Å². The minimum atomic E-state index is -3.45. The Morgan fingerprint density at radius 3 is 2.63 bits per heavy atom. The number of sulfonamides is 1. The highest BCUT2D eigenvalue weighted by atomic mass is 32.2. The number of benzene rings is 1. The molecule has 0 unspecified atom stereocenters. The van der Waals surface area contributed by atoms with Crippen molar-refractivity contribution in [2.45, 2.75) is 12.3 Å². The van der Waals surface area contributed by atoms with Crippen LogP contribution >= 0.6 is 0 Å². The molecule has 3 N–H and O–H groups in total. The van der Waals surface area contributed by atoms with Gasteiger partial charge < -0.3 is 5.73 Å². The number of anilines is 1. The van der Waals surface area contributed by atoms with Gasteiger partial charge in [-0.05, 0) is 23.8 Å². The Bertz CT molecular complexity index is 644. The molecule has 0 spiro atoms. The normalized spacial score (nSPS) is 11.4. The van der Waals surface area contributed by atoms with Crippen molar-refractivity contribution in [1.29, 1.82) is 0 Å². The molecule has 0 bridgehead atoms. The standard InChI is InChI=1S/C12H14N4O2S/c13-12-6-2-1-4-10(12)9-19(17,18)15-8-11-5-3-7-14-16-11/h1-7,15H,8-9,13H2. The summed E-state index contributed by atoms with van der Waals surface area (Å²) in [4.78, 5) is 0. The van der Waals surface area contributed by atoms with E-state index >= 15 is 0 Å². The van der Waals surface area contributed by atoms with Crippen LogP contribution in [0.5, 0.6) is 0 Å². The van der Waals surface area contributed by atoms with E-state index in [0.717, 1.165) is 0 Å². The Morgan fingerprint density at radius 2 is 1.95 bits per heavy atom. The lowest BCUT2D eigenvalue weighted by atomic mass is 10.2. The SMILES string of the molecule is Nc1ccccc1CS(=O)(=O)NCc1cccnn1. The zero-order valence-corrected chi connectivity index (χ0v) is 11.0.